The molecule has 0 spiro atoms. The third-order valence-corrected chi connectivity index (χ3v) is 21.0. The molecule has 20 heavy (non-hydrogen) atoms. The summed E-state index contributed by atoms with van der Waals surface area (Å²) < 4.78 is 6.34. The van der Waals surface area contributed by atoms with Crippen LogP contribution in [0.3, 0.4) is 0 Å². The van der Waals surface area contributed by atoms with Crippen molar-refractivity contribution in [3.8, 4) is 0 Å². The van der Waals surface area contributed by atoms with Crippen LogP contribution in [0.15, 0.2) is 9.67 Å². The molecule has 0 saturated heterocycles. The van der Waals surface area contributed by atoms with Gasteiger partial charge in [0.05, 0.1) is 0 Å². The van der Waals surface area contributed by atoms with Crippen LogP contribution in [0.1, 0.15) is 79.1 Å². The minimum atomic E-state index is -2.20. The van der Waals surface area contributed by atoms with E-state index in [-0.39, 0.29) is 6.61 Å². The van der Waals surface area contributed by atoms with Crippen molar-refractivity contribution in [2.24, 2.45) is 0 Å². The predicted molar refractivity (Wildman–Crippen MR) is 95.0 cm³/mol. The van der Waals surface area contributed by atoms with E-state index in [1.54, 1.807) is 3.59 Å². The summed E-state index contributed by atoms with van der Waals surface area (Å²) in [7, 11) is 0. The standard InChI is InChI=1S/C6H11O.3C4H9.Sn/c1-2-3-4-5-6-7;3*1-3-4-2;/h5,7H,2-3,6H2,1H3;3*1,3-4H2,2H3;. The van der Waals surface area contributed by atoms with Gasteiger partial charge in [0, 0.05) is 0 Å². The molecule has 0 saturated carbocycles. The quantitative estimate of drug-likeness (QED) is 0.378. The van der Waals surface area contributed by atoms with Gasteiger partial charge in [0.2, 0.25) is 0 Å². The van der Waals surface area contributed by atoms with Crippen molar-refractivity contribution in [1.29, 1.82) is 0 Å². The zero-order chi connectivity index (χ0) is 15.3. The summed E-state index contributed by atoms with van der Waals surface area (Å²) in [5.41, 5.74) is 0. The van der Waals surface area contributed by atoms with E-state index in [0.717, 1.165) is 0 Å². The van der Waals surface area contributed by atoms with Gasteiger partial charge in [-0.1, -0.05) is 0 Å². The van der Waals surface area contributed by atoms with E-state index in [1.807, 2.05) is 0 Å². The molecule has 0 atom stereocenters. The molecule has 1 N–H and O–H groups in total. The van der Waals surface area contributed by atoms with E-state index in [1.165, 1.54) is 64.7 Å². The molecule has 2 heteroatoms. The summed E-state index contributed by atoms with van der Waals surface area (Å²) in [5, 5.41) is 9.46. The van der Waals surface area contributed by atoms with E-state index in [9.17, 15) is 5.11 Å². The van der Waals surface area contributed by atoms with E-state index in [2.05, 4.69) is 33.8 Å². The van der Waals surface area contributed by atoms with E-state index >= 15 is 0 Å². The number of hydrogen-bond donors (Lipinski definition) is 1. The van der Waals surface area contributed by atoms with Crippen molar-refractivity contribution in [1.82, 2.24) is 0 Å². The second-order valence-electron chi connectivity index (χ2n) is 6.25. The zero-order valence-corrected chi connectivity index (χ0v) is 17.4. The molecular formula is C18H38OSn. The molecule has 1 nitrogen and oxygen atoms in total. The molecule has 0 fully saturated rings. The minimum absolute atomic E-state index is 0.262. The van der Waals surface area contributed by atoms with Gasteiger partial charge in [0.1, 0.15) is 0 Å². The first-order valence-corrected chi connectivity index (χ1v) is 16.5. The van der Waals surface area contributed by atoms with Crippen LogP contribution in [0.5, 0.6) is 0 Å². The van der Waals surface area contributed by atoms with Crippen LogP contribution in [-0.2, 0) is 0 Å². The third-order valence-electron chi connectivity index (χ3n) is 4.56. The Labute approximate surface area is 132 Å². The third kappa shape index (κ3) is 7.49. The van der Waals surface area contributed by atoms with E-state index in [0.29, 0.717) is 0 Å². The van der Waals surface area contributed by atoms with Crippen molar-refractivity contribution in [3.05, 3.63) is 9.67 Å². The van der Waals surface area contributed by atoms with Gasteiger partial charge in [-0.05, 0) is 0 Å². The molecule has 0 aliphatic carbocycles. The summed E-state index contributed by atoms with van der Waals surface area (Å²) in [5.74, 6) is 0. The van der Waals surface area contributed by atoms with Gasteiger partial charge in [0.15, 0.2) is 0 Å². The summed E-state index contributed by atoms with van der Waals surface area (Å²) in [6.45, 7) is 9.53. The molecule has 0 amide bonds. The molecule has 120 valence electrons. The van der Waals surface area contributed by atoms with Crippen molar-refractivity contribution in [2.75, 3.05) is 6.61 Å². The number of aliphatic hydroxyl groups excluding tert-OH is 1. The Hall–Kier alpha value is 0.499. The van der Waals surface area contributed by atoms with Crippen LogP contribution in [-0.4, -0.2) is 30.1 Å². The first-order valence-electron chi connectivity index (χ1n) is 9.01. The Balaban J connectivity index is 5.21. The van der Waals surface area contributed by atoms with Gasteiger partial charge in [-0.25, -0.2) is 0 Å². The SMILES string of the molecule is CCC[CH2][Sn]([CH2]CCC)([CH2]CCC)/[C](=C/CO)CCC. The monoisotopic (exact) mass is 390 g/mol. The average molecular weight is 389 g/mol. The molecule has 0 rings (SSSR count). The van der Waals surface area contributed by atoms with E-state index < -0.39 is 18.4 Å². The van der Waals surface area contributed by atoms with Gasteiger partial charge in [0.25, 0.3) is 0 Å². The van der Waals surface area contributed by atoms with Crippen LogP contribution in [0.4, 0.5) is 0 Å². The van der Waals surface area contributed by atoms with Crippen LogP contribution < -0.4 is 0 Å². The fraction of sp³-hybridized carbons (Fsp3) is 0.889. The molecule has 0 aromatic carbocycles. The Bertz CT molecular complexity index is 226. The maximum absolute atomic E-state index is 9.46. The van der Waals surface area contributed by atoms with Crippen LogP contribution in [0.2, 0.25) is 13.3 Å². The first-order chi connectivity index (χ1) is 9.70. The second kappa shape index (κ2) is 13.2. The molecule has 0 aromatic heterocycles. The molecule has 0 radical (unpaired) electrons. The van der Waals surface area contributed by atoms with Crippen molar-refractivity contribution >= 4 is 18.4 Å². The Morgan fingerprint density at radius 1 is 0.800 bits per heavy atom. The zero-order valence-electron chi connectivity index (χ0n) is 14.5. The van der Waals surface area contributed by atoms with Crippen molar-refractivity contribution in [2.45, 2.75) is 92.4 Å². The first kappa shape index (κ1) is 20.5. The van der Waals surface area contributed by atoms with E-state index in [4.69, 9.17) is 0 Å². The molecule has 0 aliphatic rings. The van der Waals surface area contributed by atoms with Crippen LogP contribution in [0, 0.1) is 0 Å². The summed E-state index contributed by atoms with van der Waals surface area (Å²) in [4.78, 5) is 0. The molecule has 0 aliphatic heterocycles. The van der Waals surface area contributed by atoms with Gasteiger partial charge >= 0.3 is 132 Å². The molecule has 0 unspecified atom stereocenters. The number of aliphatic hydroxyl groups is 1. The summed E-state index contributed by atoms with van der Waals surface area (Å²) in [6.07, 6.45) is 12.9. The Kier molecular flexibility index (Phi) is 13.5. The van der Waals surface area contributed by atoms with Gasteiger partial charge < -0.3 is 0 Å². The Morgan fingerprint density at radius 3 is 1.55 bits per heavy atom. The number of unbranched alkanes of at least 4 members (excludes halogenated alkanes) is 3. The summed E-state index contributed by atoms with van der Waals surface area (Å²) >= 11 is -2.20. The maximum atomic E-state index is 9.46. The average Bonchev–Trinajstić information content (AvgIpc) is 2.47. The fourth-order valence-corrected chi connectivity index (χ4v) is 20.8. The van der Waals surface area contributed by atoms with Crippen LogP contribution in [0.25, 0.3) is 0 Å². The number of hydrogen-bond acceptors (Lipinski definition) is 1. The van der Waals surface area contributed by atoms with Crippen LogP contribution >= 0.6 is 0 Å². The topological polar surface area (TPSA) is 20.2 Å². The Morgan fingerprint density at radius 2 is 1.25 bits per heavy atom. The van der Waals surface area contributed by atoms with Gasteiger partial charge in [-0.2, -0.15) is 0 Å². The van der Waals surface area contributed by atoms with Gasteiger partial charge in [-0.15, -0.1) is 0 Å². The predicted octanol–water partition coefficient (Wildman–Crippen LogP) is 6.09. The fourth-order valence-electron chi connectivity index (χ4n) is 3.37. The molecule has 0 bridgehead atoms. The number of allylic oxidation sites excluding steroid dienone is 1. The normalized spacial score (nSPS) is 12.9. The molecule has 0 aromatic rings. The molecular weight excluding hydrogens is 351 g/mol. The van der Waals surface area contributed by atoms with Gasteiger partial charge in [-0.3, -0.25) is 0 Å². The van der Waals surface area contributed by atoms with Crippen molar-refractivity contribution in [3.63, 3.8) is 0 Å². The molecule has 0 heterocycles. The van der Waals surface area contributed by atoms with Crippen molar-refractivity contribution < 1.29 is 5.11 Å². The number of rotatable bonds is 13. The summed E-state index contributed by atoms with van der Waals surface area (Å²) in [6, 6.07) is 0. The second-order valence-corrected chi connectivity index (χ2v) is 19.7.